The highest BCUT2D eigenvalue weighted by molar-refractivity contribution is 8.26. The zero-order valence-corrected chi connectivity index (χ0v) is 16.7. The van der Waals surface area contributed by atoms with Crippen molar-refractivity contribution < 1.29 is 19.1 Å². The molecule has 1 heterocycles. The Morgan fingerprint density at radius 3 is 2.29 bits per heavy atom. The number of rotatable bonds is 4. The number of nitrogens with one attached hydrogen (secondary N) is 1. The summed E-state index contributed by atoms with van der Waals surface area (Å²) in [5.74, 6) is -1.26. The van der Waals surface area contributed by atoms with Crippen molar-refractivity contribution in [3.05, 3.63) is 75.7 Å². The minimum absolute atomic E-state index is 0.239. The lowest BCUT2D eigenvalue weighted by molar-refractivity contribution is -0.123. The first-order valence-corrected chi connectivity index (χ1v) is 9.45. The van der Waals surface area contributed by atoms with Gasteiger partial charge in [-0.25, -0.2) is 4.79 Å². The number of nitrogens with zero attached hydrogens (tertiary/aromatic N) is 1. The summed E-state index contributed by atoms with van der Waals surface area (Å²) in [6, 6.07) is 13.6. The maximum Gasteiger partial charge on any atom is 0.337 e. The normalized spacial score (nSPS) is 15.1. The molecule has 28 heavy (non-hydrogen) atoms. The van der Waals surface area contributed by atoms with Gasteiger partial charge in [0, 0.05) is 5.56 Å². The minimum Gasteiger partial charge on any atom is -0.465 e. The lowest BCUT2D eigenvalue weighted by Gasteiger charge is -2.15. The van der Waals surface area contributed by atoms with E-state index < -0.39 is 17.8 Å². The monoisotopic (exact) mass is 412 g/mol. The van der Waals surface area contributed by atoms with Crippen molar-refractivity contribution >= 4 is 52.2 Å². The van der Waals surface area contributed by atoms with Gasteiger partial charge >= 0.3 is 5.97 Å². The van der Waals surface area contributed by atoms with Crippen LogP contribution in [-0.4, -0.2) is 34.2 Å². The molecule has 6 nitrogen and oxygen atoms in total. The number of thiocarbonyl (C=S) groups is 1. The molecule has 3 rings (SSSR count). The first-order chi connectivity index (χ1) is 13.4. The summed E-state index contributed by atoms with van der Waals surface area (Å²) in [4.78, 5) is 36.8. The van der Waals surface area contributed by atoms with E-state index in [2.05, 4.69) is 10.2 Å². The van der Waals surface area contributed by atoms with Gasteiger partial charge in [0.1, 0.15) is 0 Å². The molecule has 2 aromatic rings. The zero-order chi connectivity index (χ0) is 20.3. The molecule has 0 saturated carbocycles. The van der Waals surface area contributed by atoms with Crippen LogP contribution >= 0.6 is 24.0 Å². The van der Waals surface area contributed by atoms with Gasteiger partial charge in [-0.2, -0.15) is 5.01 Å². The Morgan fingerprint density at radius 2 is 1.68 bits per heavy atom. The van der Waals surface area contributed by atoms with Gasteiger partial charge in [0.2, 0.25) is 0 Å². The average molecular weight is 412 g/mol. The van der Waals surface area contributed by atoms with E-state index in [1.807, 2.05) is 19.1 Å². The highest BCUT2D eigenvalue weighted by atomic mass is 32.2. The fourth-order valence-corrected chi connectivity index (χ4v) is 3.60. The predicted molar refractivity (Wildman–Crippen MR) is 111 cm³/mol. The molecule has 0 atom stereocenters. The Morgan fingerprint density at radius 1 is 1.07 bits per heavy atom. The summed E-state index contributed by atoms with van der Waals surface area (Å²) in [7, 11) is 1.31. The van der Waals surface area contributed by atoms with Crippen molar-refractivity contribution in [2.24, 2.45) is 0 Å². The summed E-state index contributed by atoms with van der Waals surface area (Å²) < 4.78 is 4.90. The summed E-state index contributed by atoms with van der Waals surface area (Å²) in [6.45, 7) is 1.92. The SMILES string of the molecule is COC(=O)c1ccc(/C=C2\SC(=S)N(NC(=O)c3ccc(C)cc3)C2=O)cc1. The molecule has 0 aromatic heterocycles. The average Bonchev–Trinajstić information content (AvgIpc) is 2.95. The summed E-state index contributed by atoms with van der Waals surface area (Å²) in [6.07, 6.45) is 1.65. The first kappa shape index (κ1) is 19.8. The van der Waals surface area contributed by atoms with E-state index in [-0.39, 0.29) is 4.32 Å². The Bertz CT molecular complexity index is 982. The van der Waals surface area contributed by atoms with Crippen LogP contribution in [0.1, 0.15) is 31.8 Å². The molecule has 8 heteroatoms. The summed E-state index contributed by atoms with van der Waals surface area (Å²) in [5, 5.41) is 1.07. The van der Waals surface area contributed by atoms with E-state index >= 15 is 0 Å². The van der Waals surface area contributed by atoms with Gasteiger partial charge in [-0.1, -0.05) is 41.6 Å². The molecule has 2 amide bonds. The number of hydrogen-bond acceptors (Lipinski definition) is 6. The van der Waals surface area contributed by atoms with Crippen LogP contribution in [0, 0.1) is 6.92 Å². The molecular formula is C20H16N2O4S2. The molecule has 0 radical (unpaired) electrons. The van der Waals surface area contributed by atoms with E-state index in [0.717, 1.165) is 27.9 Å². The van der Waals surface area contributed by atoms with Crippen LogP contribution in [-0.2, 0) is 9.53 Å². The topological polar surface area (TPSA) is 75.7 Å². The maximum absolute atomic E-state index is 12.6. The van der Waals surface area contributed by atoms with Crippen LogP contribution < -0.4 is 5.43 Å². The number of hydrogen-bond donors (Lipinski definition) is 1. The van der Waals surface area contributed by atoms with Crippen molar-refractivity contribution in [2.45, 2.75) is 6.92 Å². The van der Waals surface area contributed by atoms with Crippen molar-refractivity contribution in [1.82, 2.24) is 10.4 Å². The first-order valence-electron chi connectivity index (χ1n) is 8.23. The number of carbonyl (C=O) groups is 3. The molecular weight excluding hydrogens is 396 g/mol. The van der Waals surface area contributed by atoms with Crippen LogP contribution in [0.4, 0.5) is 0 Å². The molecule has 1 saturated heterocycles. The second-order valence-corrected chi connectivity index (χ2v) is 7.61. The van der Waals surface area contributed by atoms with Crippen LogP contribution in [0.25, 0.3) is 6.08 Å². The Balaban J connectivity index is 1.74. The molecule has 0 spiro atoms. The van der Waals surface area contributed by atoms with Gasteiger partial charge in [-0.3, -0.25) is 15.0 Å². The Hall–Kier alpha value is -2.97. The highest BCUT2D eigenvalue weighted by Crippen LogP contribution is 2.31. The zero-order valence-electron chi connectivity index (χ0n) is 15.1. The summed E-state index contributed by atoms with van der Waals surface area (Å²) >= 11 is 6.32. The number of amides is 2. The summed E-state index contributed by atoms with van der Waals surface area (Å²) in [5.41, 5.74) is 5.14. The smallest absolute Gasteiger partial charge is 0.337 e. The van der Waals surface area contributed by atoms with Gasteiger partial charge in [0.05, 0.1) is 17.6 Å². The van der Waals surface area contributed by atoms with Crippen LogP contribution in [0.2, 0.25) is 0 Å². The molecule has 0 aliphatic carbocycles. The fraction of sp³-hybridized carbons (Fsp3) is 0.100. The molecule has 1 fully saturated rings. The van der Waals surface area contributed by atoms with E-state index in [1.54, 1.807) is 42.5 Å². The number of ether oxygens (including phenoxy) is 1. The lowest BCUT2D eigenvalue weighted by atomic mass is 10.1. The van der Waals surface area contributed by atoms with Crippen molar-refractivity contribution in [3.8, 4) is 0 Å². The van der Waals surface area contributed by atoms with Crippen molar-refractivity contribution in [3.63, 3.8) is 0 Å². The highest BCUT2D eigenvalue weighted by Gasteiger charge is 2.33. The second kappa shape index (κ2) is 8.37. The molecule has 1 aliphatic rings. The van der Waals surface area contributed by atoms with Gasteiger partial charge in [0.25, 0.3) is 11.8 Å². The maximum atomic E-state index is 12.6. The number of aryl methyl sites for hydroxylation is 1. The number of benzene rings is 2. The molecule has 0 unspecified atom stereocenters. The third-order valence-corrected chi connectivity index (χ3v) is 5.25. The lowest BCUT2D eigenvalue weighted by Crippen LogP contribution is -2.44. The Labute approximate surface area is 171 Å². The number of esters is 1. The fourth-order valence-electron chi connectivity index (χ4n) is 2.42. The molecule has 142 valence electrons. The van der Waals surface area contributed by atoms with E-state index in [1.165, 1.54) is 7.11 Å². The van der Waals surface area contributed by atoms with Gasteiger partial charge < -0.3 is 4.74 Å². The molecule has 0 bridgehead atoms. The molecule has 1 N–H and O–H groups in total. The van der Waals surface area contributed by atoms with Gasteiger partial charge in [-0.05, 0) is 55.0 Å². The van der Waals surface area contributed by atoms with Gasteiger partial charge in [-0.15, -0.1) is 0 Å². The predicted octanol–water partition coefficient (Wildman–Crippen LogP) is 3.33. The largest absolute Gasteiger partial charge is 0.465 e. The number of hydrazine groups is 1. The molecule has 2 aromatic carbocycles. The van der Waals surface area contributed by atoms with E-state index in [0.29, 0.717) is 16.0 Å². The van der Waals surface area contributed by atoms with Crippen LogP contribution in [0.3, 0.4) is 0 Å². The van der Waals surface area contributed by atoms with Crippen molar-refractivity contribution in [2.75, 3.05) is 7.11 Å². The van der Waals surface area contributed by atoms with Crippen LogP contribution in [0.15, 0.2) is 53.4 Å². The Kier molecular flexibility index (Phi) is 5.91. The number of thioether (sulfide) groups is 1. The van der Waals surface area contributed by atoms with Crippen molar-refractivity contribution in [1.29, 1.82) is 0 Å². The number of methoxy groups -OCH3 is 1. The standard InChI is InChI=1S/C20H16N2O4S2/c1-12-3-7-14(8-4-12)17(23)21-22-18(24)16(28-20(22)27)11-13-5-9-15(10-6-13)19(25)26-2/h3-11H,1-2H3,(H,21,23)/b16-11-. The second-order valence-electron chi connectivity index (χ2n) is 5.94. The number of carbonyl (C=O) groups excluding carboxylic acids is 3. The van der Waals surface area contributed by atoms with E-state index in [9.17, 15) is 14.4 Å². The van der Waals surface area contributed by atoms with Crippen LogP contribution in [0.5, 0.6) is 0 Å². The van der Waals surface area contributed by atoms with Gasteiger partial charge in [0.15, 0.2) is 4.32 Å². The minimum atomic E-state index is -0.434. The molecule has 1 aliphatic heterocycles. The third kappa shape index (κ3) is 4.29. The third-order valence-electron chi connectivity index (χ3n) is 3.95. The van der Waals surface area contributed by atoms with E-state index in [4.69, 9.17) is 12.2 Å². The quantitative estimate of drug-likeness (QED) is 0.472.